The molecule has 6 nitrogen and oxygen atoms in total. The molecule has 1 aromatic rings. The number of nitro groups is 1. The zero-order valence-electron chi connectivity index (χ0n) is 8.44. The van der Waals surface area contributed by atoms with E-state index in [2.05, 4.69) is 5.32 Å². The van der Waals surface area contributed by atoms with Crippen molar-refractivity contribution < 1.29 is 9.72 Å². The van der Waals surface area contributed by atoms with Crippen LogP contribution in [0.4, 0.5) is 11.4 Å². The standard InChI is InChI=1S/C9H10ClN3O3/c1-5(9(11)14)12-6-2-3-7(10)8(4-6)13(15)16/h2-5,12H,1H3,(H2,11,14). The number of anilines is 1. The van der Waals surface area contributed by atoms with E-state index in [-0.39, 0.29) is 10.7 Å². The van der Waals surface area contributed by atoms with E-state index in [4.69, 9.17) is 17.3 Å². The summed E-state index contributed by atoms with van der Waals surface area (Å²) in [6, 6.07) is 3.56. The second-order valence-corrected chi connectivity index (χ2v) is 3.60. The lowest BCUT2D eigenvalue weighted by Gasteiger charge is -2.11. The number of benzene rings is 1. The highest BCUT2D eigenvalue weighted by atomic mass is 35.5. The summed E-state index contributed by atoms with van der Waals surface area (Å²) in [7, 11) is 0. The molecule has 1 unspecified atom stereocenters. The third kappa shape index (κ3) is 2.83. The lowest BCUT2D eigenvalue weighted by molar-refractivity contribution is -0.384. The van der Waals surface area contributed by atoms with Gasteiger partial charge in [0, 0.05) is 11.8 Å². The van der Waals surface area contributed by atoms with Crippen molar-refractivity contribution in [2.75, 3.05) is 5.32 Å². The molecule has 0 bridgehead atoms. The Labute approximate surface area is 96.5 Å². The van der Waals surface area contributed by atoms with Crippen LogP contribution in [0.15, 0.2) is 18.2 Å². The summed E-state index contributed by atoms with van der Waals surface area (Å²) >= 11 is 5.63. The molecule has 0 saturated heterocycles. The van der Waals surface area contributed by atoms with Gasteiger partial charge in [0.1, 0.15) is 11.1 Å². The predicted molar refractivity (Wildman–Crippen MR) is 60.4 cm³/mol. The van der Waals surface area contributed by atoms with Crippen molar-refractivity contribution >= 4 is 28.9 Å². The fourth-order valence-corrected chi connectivity index (χ4v) is 1.25. The van der Waals surface area contributed by atoms with Gasteiger partial charge in [-0.15, -0.1) is 0 Å². The molecule has 0 radical (unpaired) electrons. The smallest absolute Gasteiger partial charge is 0.289 e. The van der Waals surface area contributed by atoms with Crippen LogP contribution < -0.4 is 11.1 Å². The molecule has 16 heavy (non-hydrogen) atoms. The Balaban J connectivity index is 2.95. The van der Waals surface area contributed by atoms with Crippen molar-refractivity contribution in [2.45, 2.75) is 13.0 Å². The fraction of sp³-hybridized carbons (Fsp3) is 0.222. The van der Waals surface area contributed by atoms with E-state index in [9.17, 15) is 14.9 Å². The maximum absolute atomic E-state index is 10.8. The van der Waals surface area contributed by atoms with Crippen LogP contribution in [0.2, 0.25) is 5.02 Å². The summed E-state index contributed by atoms with van der Waals surface area (Å²) in [6.07, 6.45) is 0. The Bertz CT molecular complexity index is 436. The van der Waals surface area contributed by atoms with Crippen LogP contribution >= 0.6 is 11.6 Å². The third-order valence-corrected chi connectivity index (χ3v) is 2.27. The average molecular weight is 244 g/mol. The SMILES string of the molecule is CC(Nc1ccc(Cl)c([N+](=O)[O-])c1)C(N)=O. The number of hydrogen-bond donors (Lipinski definition) is 2. The van der Waals surface area contributed by atoms with Crippen LogP contribution in [-0.4, -0.2) is 16.9 Å². The van der Waals surface area contributed by atoms with Gasteiger partial charge in [0.15, 0.2) is 0 Å². The lowest BCUT2D eigenvalue weighted by atomic mass is 10.2. The van der Waals surface area contributed by atoms with Gasteiger partial charge >= 0.3 is 0 Å². The summed E-state index contributed by atoms with van der Waals surface area (Å²) < 4.78 is 0. The summed E-state index contributed by atoms with van der Waals surface area (Å²) in [5, 5.41) is 13.4. The van der Waals surface area contributed by atoms with Gasteiger partial charge < -0.3 is 11.1 Å². The van der Waals surface area contributed by atoms with E-state index in [1.54, 1.807) is 6.92 Å². The summed E-state index contributed by atoms with van der Waals surface area (Å²) in [5.74, 6) is -0.544. The first-order valence-electron chi connectivity index (χ1n) is 4.41. The van der Waals surface area contributed by atoms with Gasteiger partial charge in [-0.3, -0.25) is 14.9 Å². The minimum atomic E-state index is -0.610. The summed E-state index contributed by atoms with van der Waals surface area (Å²) in [5.41, 5.74) is 5.25. The Kier molecular flexibility index (Phi) is 3.68. The van der Waals surface area contributed by atoms with Crippen LogP contribution in [0.1, 0.15) is 6.92 Å². The number of carbonyl (C=O) groups is 1. The number of nitrogens with two attached hydrogens (primary N) is 1. The molecule has 7 heteroatoms. The number of nitro benzene ring substituents is 1. The molecule has 0 heterocycles. The van der Waals surface area contributed by atoms with E-state index >= 15 is 0 Å². The molecule has 0 aromatic heterocycles. The molecule has 0 aliphatic carbocycles. The lowest BCUT2D eigenvalue weighted by Crippen LogP contribution is -2.32. The molecule has 0 saturated carbocycles. The number of rotatable bonds is 4. The number of primary amides is 1. The Hall–Kier alpha value is -1.82. The van der Waals surface area contributed by atoms with Crippen molar-refractivity contribution in [3.8, 4) is 0 Å². The van der Waals surface area contributed by atoms with Crippen molar-refractivity contribution in [1.82, 2.24) is 0 Å². The van der Waals surface area contributed by atoms with Crippen LogP contribution in [0.25, 0.3) is 0 Å². The molecule has 0 aliphatic heterocycles. The molecular weight excluding hydrogens is 234 g/mol. The van der Waals surface area contributed by atoms with Gasteiger partial charge in [-0.2, -0.15) is 0 Å². The summed E-state index contributed by atoms with van der Waals surface area (Å²) in [6.45, 7) is 1.56. The van der Waals surface area contributed by atoms with E-state index in [1.807, 2.05) is 0 Å². The number of nitrogens with one attached hydrogen (secondary N) is 1. The van der Waals surface area contributed by atoms with Gasteiger partial charge in [-0.1, -0.05) is 11.6 Å². The second-order valence-electron chi connectivity index (χ2n) is 3.19. The normalized spacial score (nSPS) is 11.9. The zero-order valence-corrected chi connectivity index (χ0v) is 9.19. The van der Waals surface area contributed by atoms with E-state index < -0.39 is 16.9 Å². The largest absolute Gasteiger partial charge is 0.374 e. The fourth-order valence-electron chi connectivity index (χ4n) is 1.06. The van der Waals surface area contributed by atoms with Gasteiger partial charge in [0.2, 0.25) is 5.91 Å². The van der Waals surface area contributed by atoms with Crippen molar-refractivity contribution in [3.05, 3.63) is 33.3 Å². The molecule has 1 amide bonds. The number of halogens is 1. The number of amides is 1. The van der Waals surface area contributed by atoms with Gasteiger partial charge in [-0.25, -0.2) is 0 Å². The maximum Gasteiger partial charge on any atom is 0.289 e. The van der Waals surface area contributed by atoms with Crippen molar-refractivity contribution in [2.24, 2.45) is 5.73 Å². The molecule has 1 atom stereocenters. The Morgan fingerprint density at radius 2 is 2.25 bits per heavy atom. The minimum Gasteiger partial charge on any atom is -0.374 e. The predicted octanol–water partition coefficient (Wildman–Crippen LogP) is 1.53. The van der Waals surface area contributed by atoms with Crippen LogP contribution in [0.3, 0.4) is 0 Å². The van der Waals surface area contributed by atoms with Crippen LogP contribution in [0, 0.1) is 10.1 Å². The molecule has 3 N–H and O–H groups in total. The zero-order chi connectivity index (χ0) is 12.3. The first-order chi connectivity index (χ1) is 7.41. The molecule has 86 valence electrons. The molecule has 0 fully saturated rings. The highest BCUT2D eigenvalue weighted by Crippen LogP contribution is 2.27. The highest BCUT2D eigenvalue weighted by Gasteiger charge is 2.14. The molecule has 1 aromatic carbocycles. The van der Waals surface area contributed by atoms with Gasteiger partial charge in [-0.05, 0) is 19.1 Å². The van der Waals surface area contributed by atoms with Crippen molar-refractivity contribution in [3.63, 3.8) is 0 Å². The molecular formula is C9H10ClN3O3. The first-order valence-corrected chi connectivity index (χ1v) is 4.79. The highest BCUT2D eigenvalue weighted by molar-refractivity contribution is 6.32. The second kappa shape index (κ2) is 4.80. The minimum absolute atomic E-state index is 0.0438. The molecule has 0 spiro atoms. The summed E-state index contributed by atoms with van der Waals surface area (Å²) in [4.78, 5) is 20.8. The van der Waals surface area contributed by atoms with Gasteiger partial charge in [0.25, 0.3) is 5.69 Å². The van der Waals surface area contributed by atoms with E-state index in [1.165, 1.54) is 18.2 Å². The first kappa shape index (κ1) is 12.3. The topological polar surface area (TPSA) is 98.3 Å². The van der Waals surface area contributed by atoms with Crippen LogP contribution in [0.5, 0.6) is 0 Å². The quantitative estimate of drug-likeness (QED) is 0.619. The Morgan fingerprint density at radius 1 is 1.62 bits per heavy atom. The monoisotopic (exact) mass is 243 g/mol. The van der Waals surface area contributed by atoms with Crippen LogP contribution in [-0.2, 0) is 4.79 Å². The molecule has 0 aliphatic rings. The number of carbonyl (C=O) groups excluding carboxylic acids is 1. The van der Waals surface area contributed by atoms with E-state index in [0.29, 0.717) is 5.69 Å². The molecule has 1 rings (SSSR count). The Morgan fingerprint density at radius 3 is 2.75 bits per heavy atom. The average Bonchev–Trinajstić information content (AvgIpc) is 2.20. The number of hydrogen-bond acceptors (Lipinski definition) is 4. The maximum atomic E-state index is 10.8. The van der Waals surface area contributed by atoms with E-state index in [0.717, 1.165) is 0 Å². The number of nitrogens with zero attached hydrogens (tertiary/aromatic N) is 1. The third-order valence-electron chi connectivity index (χ3n) is 1.95. The van der Waals surface area contributed by atoms with Crippen molar-refractivity contribution in [1.29, 1.82) is 0 Å². The van der Waals surface area contributed by atoms with Gasteiger partial charge in [0.05, 0.1) is 4.92 Å².